The largest absolute Gasteiger partial charge is 0.416 e. The highest BCUT2D eigenvalue weighted by Gasteiger charge is 2.49. The van der Waals surface area contributed by atoms with Crippen molar-refractivity contribution >= 4 is 17.6 Å². The van der Waals surface area contributed by atoms with Gasteiger partial charge < -0.3 is 16.4 Å². The number of amides is 2. The molecule has 0 spiro atoms. The van der Waals surface area contributed by atoms with Crippen LogP contribution >= 0.6 is 0 Å². The first kappa shape index (κ1) is 17.0. The third kappa shape index (κ3) is 3.08. The summed E-state index contributed by atoms with van der Waals surface area (Å²) in [5.74, 6) is -2.13. The van der Waals surface area contributed by atoms with Gasteiger partial charge in [-0.2, -0.15) is 13.2 Å². The Hall–Kier alpha value is -2.32. The molecule has 1 fully saturated rings. The Morgan fingerprint density at radius 1 is 1.35 bits per heavy atom. The van der Waals surface area contributed by atoms with Gasteiger partial charge in [0.05, 0.1) is 11.5 Å². The van der Waals surface area contributed by atoms with E-state index in [-0.39, 0.29) is 24.5 Å². The normalized spacial score (nSPS) is 24.7. The number of hydrogen-bond acceptors (Lipinski definition) is 4. The van der Waals surface area contributed by atoms with Crippen LogP contribution in [-0.4, -0.2) is 28.9 Å². The highest BCUT2D eigenvalue weighted by molar-refractivity contribution is 5.91. The van der Waals surface area contributed by atoms with E-state index in [1.807, 2.05) is 0 Å². The number of halogens is 3. The number of nitrogens with two attached hydrogens (primary N) is 2. The van der Waals surface area contributed by atoms with Crippen molar-refractivity contribution < 1.29 is 22.8 Å². The molecule has 0 bridgehead atoms. The molecule has 9 heteroatoms. The van der Waals surface area contributed by atoms with Gasteiger partial charge in [-0.3, -0.25) is 9.59 Å². The molecule has 2 heterocycles. The summed E-state index contributed by atoms with van der Waals surface area (Å²) in [6.07, 6.45) is -4.51. The smallest absolute Gasteiger partial charge is 0.369 e. The van der Waals surface area contributed by atoms with Gasteiger partial charge in [0.15, 0.2) is 0 Å². The van der Waals surface area contributed by atoms with Gasteiger partial charge >= 0.3 is 6.18 Å². The Morgan fingerprint density at radius 3 is 2.43 bits per heavy atom. The van der Waals surface area contributed by atoms with Crippen LogP contribution in [0.2, 0.25) is 0 Å². The van der Waals surface area contributed by atoms with Gasteiger partial charge in [0.2, 0.25) is 11.8 Å². The van der Waals surface area contributed by atoms with E-state index in [0.717, 1.165) is 12.1 Å². The minimum atomic E-state index is -4.55. The van der Waals surface area contributed by atoms with Crippen LogP contribution in [0, 0.1) is 12.8 Å². The molecule has 6 nitrogen and oxygen atoms in total. The molecule has 2 rings (SSSR count). The maximum absolute atomic E-state index is 13.0. The highest BCUT2D eigenvalue weighted by Crippen LogP contribution is 2.38. The SMILES string of the molecule is Cc1cc(C(F)(F)F)cc(N2CC(C(N)=O)CC2(C)C(N)=O)n1. The predicted octanol–water partition coefficient (Wildman–Crippen LogP) is 0.964. The summed E-state index contributed by atoms with van der Waals surface area (Å²) in [5.41, 5.74) is 8.60. The number of nitrogens with zero attached hydrogens (tertiary/aromatic N) is 2. The number of carbonyl (C=O) groups is 2. The van der Waals surface area contributed by atoms with E-state index in [1.54, 1.807) is 0 Å². The second-order valence-corrected chi connectivity index (χ2v) is 5.91. The van der Waals surface area contributed by atoms with E-state index in [0.29, 0.717) is 0 Å². The molecule has 1 aromatic rings. The average molecular weight is 330 g/mol. The molecule has 4 N–H and O–H groups in total. The number of rotatable bonds is 3. The summed E-state index contributed by atoms with van der Waals surface area (Å²) in [6.45, 7) is 2.88. The van der Waals surface area contributed by atoms with Crippen LogP contribution in [-0.2, 0) is 15.8 Å². The maximum atomic E-state index is 13.0. The van der Waals surface area contributed by atoms with Gasteiger partial charge in [-0.1, -0.05) is 0 Å². The lowest BCUT2D eigenvalue weighted by Gasteiger charge is -2.33. The molecule has 2 amide bonds. The van der Waals surface area contributed by atoms with Crippen LogP contribution in [0.4, 0.5) is 19.0 Å². The number of alkyl halides is 3. The number of hydrogen-bond donors (Lipinski definition) is 2. The molecule has 1 aliphatic rings. The number of carbonyl (C=O) groups excluding carboxylic acids is 2. The molecule has 2 unspecified atom stereocenters. The van der Waals surface area contributed by atoms with Crippen LogP contribution in [0.15, 0.2) is 12.1 Å². The predicted molar refractivity (Wildman–Crippen MR) is 76.2 cm³/mol. The van der Waals surface area contributed by atoms with E-state index in [1.165, 1.54) is 18.7 Å². The van der Waals surface area contributed by atoms with Gasteiger partial charge in [-0.15, -0.1) is 0 Å². The van der Waals surface area contributed by atoms with Gasteiger partial charge in [0.25, 0.3) is 0 Å². The highest BCUT2D eigenvalue weighted by atomic mass is 19.4. The van der Waals surface area contributed by atoms with Crippen LogP contribution in [0.1, 0.15) is 24.6 Å². The Morgan fingerprint density at radius 2 is 1.96 bits per heavy atom. The summed E-state index contributed by atoms with van der Waals surface area (Å²) in [6, 6.07) is 1.75. The van der Waals surface area contributed by atoms with Crippen molar-refractivity contribution in [1.29, 1.82) is 0 Å². The molecule has 1 aliphatic heterocycles. The van der Waals surface area contributed by atoms with Gasteiger partial charge in [0, 0.05) is 12.2 Å². The molecule has 0 aliphatic carbocycles. The second-order valence-electron chi connectivity index (χ2n) is 5.91. The van der Waals surface area contributed by atoms with Crippen LogP contribution < -0.4 is 16.4 Å². The minimum Gasteiger partial charge on any atom is -0.369 e. The van der Waals surface area contributed by atoms with Crippen LogP contribution in [0.3, 0.4) is 0 Å². The molecule has 2 atom stereocenters. The molecule has 0 radical (unpaired) electrons. The fourth-order valence-electron chi connectivity index (χ4n) is 2.80. The van der Waals surface area contributed by atoms with Gasteiger partial charge in [0.1, 0.15) is 11.4 Å². The lowest BCUT2D eigenvalue weighted by Crippen LogP contribution is -2.52. The lowest BCUT2D eigenvalue weighted by molar-refractivity contribution is -0.137. The quantitative estimate of drug-likeness (QED) is 0.862. The van der Waals surface area contributed by atoms with E-state index in [2.05, 4.69) is 4.98 Å². The summed E-state index contributed by atoms with van der Waals surface area (Å²) < 4.78 is 38.9. The lowest BCUT2D eigenvalue weighted by atomic mass is 9.93. The van der Waals surface area contributed by atoms with E-state index >= 15 is 0 Å². The fourth-order valence-corrected chi connectivity index (χ4v) is 2.80. The van der Waals surface area contributed by atoms with Crippen molar-refractivity contribution in [1.82, 2.24) is 4.98 Å². The Bertz CT molecular complexity index is 662. The molecular weight excluding hydrogens is 313 g/mol. The monoisotopic (exact) mass is 330 g/mol. The van der Waals surface area contributed by atoms with E-state index in [9.17, 15) is 22.8 Å². The molecule has 1 aromatic heterocycles. The Balaban J connectivity index is 2.52. The first-order valence-corrected chi connectivity index (χ1v) is 6.88. The number of pyridine rings is 1. The first-order valence-electron chi connectivity index (χ1n) is 6.88. The van der Waals surface area contributed by atoms with Crippen molar-refractivity contribution in [2.75, 3.05) is 11.4 Å². The number of aromatic nitrogens is 1. The summed E-state index contributed by atoms with van der Waals surface area (Å²) in [4.78, 5) is 28.6. The molecule has 126 valence electrons. The molecule has 0 aromatic carbocycles. The molecule has 1 saturated heterocycles. The Labute approximate surface area is 130 Å². The van der Waals surface area contributed by atoms with Crippen molar-refractivity contribution in [3.63, 3.8) is 0 Å². The fraction of sp³-hybridized carbons (Fsp3) is 0.500. The topological polar surface area (TPSA) is 102 Å². The third-order valence-corrected chi connectivity index (χ3v) is 4.12. The average Bonchev–Trinajstić information content (AvgIpc) is 2.77. The number of aryl methyl sites for hydroxylation is 1. The summed E-state index contributed by atoms with van der Waals surface area (Å²) in [7, 11) is 0. The zero-order valence-electron chi connectivity index (χ0n) is 12.6. The molecule has 0 saturated carbocycles. The van der Waals surface area contributed by atoms with Crippen molar-refractivity contribution in [2.45, 2.75) is 32.0 Å². The standard InChI is InChI=1S/C14H17F3N4O2/c1-7-3-9(14(15,16)17)4-10(20-7)21-6-8(11(18)22)5-13(21,2)12(19)23/h3-4,8H,5-6H2,1-2H3,(H2,18,22)(H2,19,23). The zero-order chi connectivity index (χ0) is 17.6. The summed E-state index contributed by atoms with van der Waals surface area (Å²) >= 11 is 0. The number of anilines is 1. The molecular formula is C14H17F3N4O2. The zero-order valence-corrected chi connectivity index (χ0v) is 12.6. The van der Waals surface area contributed by atoms with Gasteiger partial charge in [-0.05, 0) is 32.4 Å². The Kier molecular flexibility index (Phi) is 4.00. The first-order chi connectivity index (χ1) is 10.4. The van der Waals surface area contributed by atoms with Crippen molar-refractivity contribution in [2.24, 2.45) is 17.4 Å². The van der Waals surface area contributed by atoms with Crippen molar-refractivity contribution in [3.8, 4) is 0 Å². The van der Waals surface area contributed by atoms with E-state index in [4.69, 9.17) is 11.5 Å². The van der Waals surface area contributed by atoms with Crippen LogP contribution in [0.5, 0.6) is 0 Å². The van der Waals surface area contributed by atoms with Crippen molar-refractivity contribution in [3.05, 3.63) is 23.4 Å². The third-order valence-electron chi connectivity index (χ3n) is 4.12. The second kappa shape index (κ2) is 5.39. The maximum Gasteiger partial charge on any atom is 0.416 e. The minimum absolute atomic E-state index is 0.0114. The summed E-state index contributed by atoms with van der Waals surface area (Å²) in [5, 5.41) is 0. The van der Waals surface area contributed by atoms with E-state index < -0.39 is 35.0 Å². The number of primary amides is 2. The molecule has 23 heavy (non-hydrogen) atoms. The van der Waals surface area contributed by atoms with Crippen LogP contribution in [0.25, 0.3) is 0 Å². The van der Waals surface area contributed by atoms with Gasteiger partial charge in [-0.25, -0.2) is 4.98 Å².